The molecule has 0 amide bonds. The van der Waals surface area contributed by atoms with Crippen molar-refractivity contribution in [2.75, 3.05) is 0 Å². The van der Waals surface area contributed by atoms with Crippen LogP contribution >= 0.6 is 0 Å². The maximum absolute atomic E-state index is 13.1. The number of hydrogen-bond donors (Lipinski definition) is 1. The minimum absolute atomic E-state index is 0.0330. The minimum atomic E-state index is -1.19. The van der Waals surface area contributed by atoms with E-state index >= 15 is 0 Å². The lowest BCUT2D eigenvalue weighted by Crippen LogP contribution is -2.48. The summed E-state index contributed by atoms with van der Waals surface area (Å²) in [5, 5.41) is 10.7. The highest BCUT2D eigenvalue weighted by molar-refractivity contribution is 6.07. The van der Waals surface area contributed by atoms with E-state index in [-0.39, 0.29) is 41.7 Å². The van der Waals surface area contributed by atoms with E-state index in [1.54, 1.807) is 6.92 Å². The predicted octanol–water partition coefficient (Wildman–Crippen LogP) is 1.60. The van der Waals surface area contributed by atoms with Crippen molar-refractivity contribution in [3.8, 4) is 0 Å². The second-order valence-electron chi connectivity index (χ2n) is 8.14. The Bertz CT molecular complexity index is 701. The molecule has 1 saturated heterocycles. The smallest absolute Gasteiger partial charge is 0.310 e. The molecule has 128 valence electrons. The molecule has 3 fully saturated rings. The van der Waals surface area contributed by atoms with Gasteiger partial charge in [-0.1, -0.05) is 12.2 Å². The summed E-state index contributed by atoms with van der Waals surface area (Å²) >= 11 is 0. The van der Waals surface area contributed by atoms with Gasteiger partial charge in [0, 0.05) is 30.3 Å². The Balaban J connectivity index is 1.83. The Kier molecular flexibility index (Phi) is 3.21. The maximum Gasteiger partial charge on any atom is 0.310 e. The molecule has 4 rings (SSSR count). The van der Waals surface area contributed by atoms with E-state index in [1.165, 1.54) is 6.08 Å². The zero-order chi connectivity index (χ0) is 17.4. The quantitative estimate of drug-likeness (QED) is 0.583. The highest BCUT2D eigenvalue weighted by Crippen LogP contribution is 2.58. The van der Waals surface area contributed by atoms with Crippen LogP contribution in [0.5, 0.6) is 0 Å². The Labute approximate surface area is 140 Å². The maximum atomic E-state index is 13.1. The molecule has 2 saturated carbocycles. The van der Waals surface area contributed by atoms with Crippen LogP contribution in [-0.4, -0.2) is 34.3 Å². The van der Waals surface area contributed by atoms with Crippen LogP contribution in [0.25, 0.3) is 0 Å². The van der Waals surface area contributed by atoms with Crippen LogP contribution in [0.4, 0.5) is 0 Å². The molecule has 0 bridgehead atoms. The summed E-state index contributed by atoms with van der Waals surface area (Å²) in [4.78, 5) is 37.9. The molecule has 24 heavy (non-hydrogen) atoms. The highest BCUT2D eigenvalue weighted by Gasteiger charge is 2.67. The summed E-state index contributed by atoms with van der Waals surface area (Å²) in [6.07, 6.45) is 2.20. The third kappa shape index (κ3) is 2.00. The number of fused-ring (bicyclic) bond motifs is 2. The molecular formula is C19H22O5. The predicted molar refractivity (Wildman–Crippen MR) is 84.7 cm³/mol. The number of rotatable bonds is 1. The van der Waals surface area contributed by atoms with Crippen molar-refractivity contribution in [3.63, 3.8) is 0 Å². The topological polar surface area (TPSA) is 80.7 Å². The van der Waals surface area contributed by atoms with Crippen LogP contribution in [0.3, 0.4) is 0 Å². The Morgan fingerprint density at radius 3 is 2.75 bits per heavy atom. The summed E-state index contributed by atoms with van der Waals surface area (Å²) in [6, 6.07) is 0. The van der Waals surface area contributed by atoms with Gasteiger partial charge in [0.1, 0.15) is 6.10 Å². The molecule has 3 aliphatic carbocycles. The summed E-state index contributed by atoms with van der Waals surface area (Å²) in [5.41, 5.74) is 0.115. The highest BCUT2D eigenvalue weighted by atomic mass is 16.6. The molecule has 0 aromatic carbocycles. The monoisotopic (exact) mass is 330 g/mol. The van der Waals surface area contributed by atoms with Crippen molar-refractivity contribution in [1.29, 1.82) is 0 Å². The van der Waals surface area contributed by atoms with Gasteiger partial charge >= 0.3 is 5.97 Å². The van der Waals surface area contributed by atoms with Gasteiger partial charge in [-0.15, -0.1) is 0 Å². The summed E-state index contributed by atoms with van der Waals surface area (Å²) in [7, 11) is 0. The lowest BCUT2D eigenvalue weighted by Gasteiger charge is -2.39. The molecule has 0 spiro atoms. The van der Waals surface area contributed by atoms with E-state index in [0.717, 1.165) is 5.57 Å². The van der Waals surface area contributed by atoms with Gasteiger partial charge < -0.3 is 9.84 Å². The van der Waals surface area contributed by atoms with Crippen LogP contribution in [0.2, 0.25) is 0 Å². The number of ether oxygens (including phenoxy) is 1. The van der Waals surface area contributed by atoms with E-state index in [2.05, 4.69) is 6.58 Å². The molecule has 1 unspecified atom stereocenters. The van der Waals surface area contributed by atoms with Gasteiger partial charge in [-0.25, -0.2) is 0 Å². The van der Waals surface area contributed by atoms with Crippen molar-refractivity contribution < 1.29 is 24.2 Å². The molecule has 7 atom stereocenters. The lowest BCUT2D eigenvalue weighted by atomic mass is 9.61. The van der Waals surface area contributed by atoms with E-state index in [1.807, 2.05) is 6.92 Å². The Hall–Kier alpha value is -1.75. The number of Topliss-reactive ketones (excluding diaryl/α,β-unsaturated/α-hetero) is 1. The Morgan fingerprint density at radius 2 is 2.08 bits per heavy atom. The SMILES string of the molecule is C=C(C)[C@@H]1CC(=O)C=C2C(=O)[C@@H]3[C@H]4C(C[C@]3(C)O)OC(=O)[C@H]4[C@H]2C1. The number of aliphatic hydroxyl groups is 1. The first-order valence-corrected chi connectivity index (χ1v) is 8.57. The van der Waals surface area contributed by atoms with Crippen LogP contribution in [-0.2, 0) is 19.1 Å². The standard InChI is InChI=1S/C19H22O5/c1-8(2)9-4-10(20)6-12-11(5-9)14-15-13(24-18(14)22)7-19(3,23)16(15)17(12)21/h6,9,11,13-16,23H,1,4-5,7H2,2-3H3/t9-,11+,13?,14+,15+,16+,19+/m1/s1. The zero-order valence-electron chi connectivity index (χ0n) is 14.0. The molecule has 0 aromatic heterocycles. The van der Waals surface area contributed by atoms with E-state index in [9.17, 15) is 19.5 Å². The van der Waals surface area contributed by atoms with Crippen LogP contribution in [0.15, 0.2) is 23.8 Å². The molecule has 5 heteroatoms. The number of esters is 1. The van der Waals surface area contributed by atoms with Crippen molar-refractivity contribution in [2.45, 2.75) is 44.8 Å². The number of carbonyl (C=O) groups excluding carboxylic acids is 3. The van der Waals surface area contributed by atoms with Gasteiger partial charge in [-0.2, -0.15) is 0 Å². The largest absolute Gasteiger partial charge is 0.462 e. The number of carbonyl (C=O) groups is 3. The molecule has 5 nitrogen and oxygen atoms in total. The Morgan fingerprint density at radius 1 is 1.38 bits per heavy atom. The molecule has 1 heterocycles. The third-order valence-electron chi connectivity index (χ3n) is 6.45. The fraction of sp³-hybridized carbons (Fsp3) is 0.632. The van der Waals surface area contributed by atoms with E-state index in [4.69, 9.17) is 4.74 Å². The molecule has 1 N–H and O–H groups in total. The van der Waals surface area contributed by atoms with Crippen LogP contribution in [0, 0.1) is 29.6 Å². The van der Waals surface area contributed by atoms with Crippen molar-refractivity contribution in [3.05, 3.63) is 23.8 Å². The first-order valence-electron chi connectivity index (χ1n) is 8.57. The van der Waals surface area contributed by atoms with Gasteiger partial charge in [-0.05, 0) is 32.3 Å². The fourth-order valence-electron chi connectivity index (χ4n) is 5.38. The number of hydrogen-bond acceptors (Lipinski definition) is 5. The number of ketones is 2. The molecule has 4 aliphatic rings. The van der Waals surface area contributed by atoms with Gasteiger partial charge in [0.25, 0.3) is 0 Å². The van der Waals surface area contributed by atoms with Gasteiger partial charge in [0.05, 0.1) is 17.4 Å². The first-order chi connectivity index (χ1) is 11.2. The fourth-order valence-corrected chi connectivity index (χ4v) is 5.38. The van der Waals surface area contributed by atoms with Gasteiger partial charge in [0.15, 0.2) is 11.6 Å². The molecule has 1 aliphatic heterocycles. The molecular weight excluding hydrogens is 308 g/mol. The molecule has 0 aromatic rings. The van der Waals surface area contributed by atoms with Gasteiger partial charge in [-0.3, -0.25) is 14.4 Å². The summed E-state index contributed by atoms with van der Waals surface area (Å²) < 4.78 is 5.51. The average molecular weight is 330 g/mol. The van der Waals surface area contributed by atoms with Crippen LogP contribution in [0.1, 0.15) is 33.1 Å². The normalized spacial score (nSPS) is 46.8. The first kappa shape index (κ1) is 15.8. The molecule has 0 radical (unpaired) electrons. The van der Waals surface area contributed by atoms with Crippen molar-refractivity contribution >= 4 is 17.5 Å². The van der Waals surface area contributed by atoms with Crippen molar-refractivity contribution in [2.24, 2.45) is 29.6 Å². The van der Waals surface area contributed by atoms with Gasteiger partial charge in [0.2, 0.25) is 0 Å². The van der Waals surface area contributed by atoms with E-state index in [0.29, 0.717) is 18.4 Å². The summed E-state index contributed by atoms with van der Waals surface area (Å²) in [5.74, 6) is -2.28. The summed E-state index contributed by atoms with van der Waals surface area (Å²) in [6.45, 7) is 7.48. The van der Waals surface area contributed by atoms with Crippen LogP contribution < -0.4 is 0 Å². The van der Waals surface area contributed by atoms with E-state index < -0.39 is 23.5 Å². The zero-order valence-corrected chi connectivity index (χ0v) is 14.0. The third-order valence-corrected chi connectivity index (χ3v) is 6.45. The second kappa shape index (κ2) is 4.88. The second-order valence-corrected chi connectivity index (χ2v) is 8.14. The lowest BCUT2D eigenvalue weighted by molar-refractivity contribution is -0.149. The van der Waals surface area contributed by atoms with Crippen molar-refractivity contribution in [1.82, 2.24) is 0 Å². The number of allylic oxidation sites excluding steroid dienone is 3. The average Bonchev–Trinajstić information content (AvgIpc) is 2.81. The minimum Gasteiger partial charge on any atom is -0.462 e.